The highest BCUT2D eigenvalue weighted by Crippen LogP contribution is 2.29. The molecule has 22 heavy (non-hydrogen) atoms. The Kier molecular flexibility index (Phi) is 6.58. The van der Waals surface area contributed by atoms with Crippen LogP contribution in [0.3, 0.4) is 0 Å². The van der Waals surface area contributed by atoms with Gasteiger partial charge in [-0.15, -0.1) is 0 Å². The molecule has 1 rings (SSSR count). The fourth-order valence-electron chi connectivity index (χ4n) is 1.53. The molecule has 0 saturated heterocycles. The number of hydrogen-bond donors (Lipinski definition) is 3. The number of hydrogen-bond acceptors (Lipinski definition) is 3. The average molecular weight is 316 g/mol. The van der Waals surface area contributed by atoms with Crippen molar-refractivity contribution in [2.45, 2.75) is 19.0 Å². The third-order valence-electron chi connectivity index (χ3n) is 2.67. The fourth-order valence-corrected chi connectivity index (χ4v) is 1.53. The van der Waals surface area contributed by atoms with E-state index < -0.39 is 23.6 Å². The van der Waals surface area contributed by atoms with Crippen LogP contribution in [-0.2, 0) is 15.8 Å². The molecule has 0 aliphatic rings. The van der Waals surface area contributed by atoms with Crippen molar-refractivity contribution >= 4 is 17.9 Å². The molecule has 0 heterocycles. The summed E-state index contributed by atoms with van der Waals surface area (Å²) in [5.41, 5.74) is 1.18. The highest BCUT2D eigenvalue weighted by Gasteiger charge is 2.29. The van der Waals surface area contributed by atoms with Gasteiger partial charge in [0.2, 0.25) is 11.8 Å². The lowest BCUT2D eigenvalue weighted by atomic mass is 10.1. The first kappa shape index (κ1) is 17.7. The van der Waals surface area contributed by atoms with Crippen LogP contribution in [0, 0.1) is 0 Å². The van der Waals surface area contributed by atoms with Crippen molar-refractivity contribution in [3.8, 4) is 0 Å². The smallest absolute Gasteiger partial charge is 0.353 e. The third kappa shape index (κ3) is 6.40. The second-order valence-electron chi connectivity index (χ2n) is 4.38. The Balaban J connectivity index is 2.41. The van der Waals surface area contributed by atoms with E-state index in [1.807, 2.05) is 0 Å². The van der Waals surface area contributed by atoms with Gasteiger partial charge in [0, 0.05) is 19.0 Å². The van der Waals surface area contributed by atoms with Crippen LogP contribution in [0.15, 0.2) is 30.3 Å². The molecule has 0 radical (unpaired) electrons. The Morgan fingerprint density at radius 2 is 1.82 bits per heavy atom. The van der Waals surface area contributed by atoms with Gasteiger partial charge in [0.1, 0.15) is 0 Å². The minimum atomic E-state index is -4.39. The van der Waals surface area contributed by atoms with Crippen LogP contribution in [-0.4, -0.2) is 23.6 Å². The summed E-state index contributed by atoms with van der Waals surface area (Å²) in [6.45, 7) is 0.240. The Labute approximate surface area is 124 Å². The summed E-state index contributed by atoms with van der Waals surface area (Å²) >= 11 is 0. The normalized spacial score (nSPS) is 11.5. The first-order valence-corrected chi connectivity index (χ1v) is 6.39. The quantitative estimate of drug-likeness (QED) is 0.325. The highest BCUT2D eigenvalue weighted by atomic mass is 19.4. The van der Waals surface area contributed by atoms with Crippen molar-refractivity contribution in [1.82, 2.24) is 10.8 Å². The number of rotatable bonds is 6. The molecule has 3 N–H and O–H groups in total. The maximum absolute atomic E-state index is 12.4. The predicted molar refractivity (Wildman–Crippen MR) is 72.7 cm³/mol. The van der Waals surface area contributed by atoms with E-state index in [0.29, 0.717) is 12.0 Å². The summed E-state index contributed by atoms with van der Waals surface area (Å²) in [5, 5.41) is 10.8. The van der Waals surface area contributed by atoms with Gasteiger partial charge >= 0.3 is 6.18 Å². The molecule has 8 heteroatoms. The molecule has 1 aromatic carbocycles. The molecule has 5 nitrogen and oxygen atoms in total. The zero-order chi connectivity index (χ0) is 16.6. The second kappa shape index (κ2) is 8.18. The van der Waals surface area contributed by atoms with Crippen LogP contribution < -0.4 is 10.8 Å². The molecule has 0 bridgehead atoms. The number of hydroxylamine groups is 1. The zero-order valence-electron chi connectivity index (χ0n) is 11.5. The van der Waals surface area contributed by atoms with Gasteiger partial charge in [0.15, 0.2) is 0 Å². The number of alkyl halides is 3. The number of carbonyl (C=O) groups is 2. The van der Waals surface area contributed by atoms with Crippen molar-refractivity contribution < 1.29 is 28.0 Å². The maximum atomic E-state index is 12.4. The standard InChI is InChI=1S/C14H15F3N2O3/c15-14(16,17)11-6-3-10(4-7-11)5-8-12(20)18-9-1-2-13(21)19-22/h3-8,22H,1-2,9H2,(H,18,20)(H,19,21). The molecule has 0 aromatic heterocycles. The minimum Gasteiger partial charge on any atom is -0.353 e. The lowest BCUT2D eigenvalue weighted by Crippen LogP contribution is -2.24. The minimum absolute atomic E-state index is 0.0688. The van der Waals surface area contributed by atoms with E-state index in [1.54, 1.807) is 0 Å². The summed E-state index contributed by atoms with van der Waals surface area (Å²) in [6, 6.07) is 4.40. The van der Waals surface area contributed by atoms with E-state index in [2.05, 4.69) is 5.32 Å². The van der Waals surface area contributed by atoms with Crippen LogP contribution in [0.4, 0.5) is 13.2 Å². The van der Waals surface area contributed by atoms with E-state index in [1.165, 1.54) is 29.8 Å². The summed E-state index contributed by atoms with van der Waals surface area (Å²) in [6.07, 6.45) is -1.39. The number of benzene rings is 1. The average Bonchev–Trinajstić information content (AvgIpc) is 2.48. The zero-order valence-corrected chi connectivity index (χ0v) is 11.5. The summed E-state index contributed by atoms with van der Waals surface area (Å²) in [5.74, 6) is -0.973. The Morgan fingerprint density at radius 3 is 2.36 bits per heavy atom. The fraction of sp³-hybridized carbons (Fsp3) is 0.286. The SMILES string of the molecule is O=C(C=Cc1ccc(C(F)(F)F)cc1)NCCCC(=O)NO. The van der Waals surface area contributed by atoms with Gasteiger partial charge in [-0.3, -0.25) is 14.8 Å². The van der Waals surface area contributed by atoms with Gasteiger partial charge in [0.05, 0.1) is 5.56 Å². The molecule has 0 saturated carbocycles. The Morgan fingerprint density at radius 1 is 1.18 bits per heavy atom. The molecule has 0 aliphatic heterocycles. The Hall–Kier alpha value is -2.35. The van der Waals surface area contributed by atoms with Crippen molar-refractivity contribution in [2.75, 3.05) is 6.54 Å². The van der Waals surface area contributed by atoms with Gasteiger partial charge < -0.3 is 5.32 Å². The van der Waals surface area contributed by atoms with Crippen molar-refractivity contribution in [3.05, 3.63) is 41.5 Å². The predicted octanol–water partition coefficient (Wildman–Crippen LogP) is 2.12. The first-order valence-electron chi connectivity index (χ1n) is 6.39. The van der Waals surface area contributed by atoms with E-state index in [0.717, 1.165) is 12.1 Å². The number of halogens is 3. The van der Waals surface area contributed by atoms with Crippen molar-refractivity contribution in [1.29, 1.82) is 0 Å². The first-order chi connectivity index (χ1) is 10.3. The summed E-state index contributed by atoms with van der Waals surface area (Å²) in [7, 11) is 0. The van der Waals surface area contributed by atoms with Crippen LogP contribution in [0.25, 0.3) is 6.08 Å². The number of carbonyl (C=O) groups excluding carboxylic acids is 2. The molecule has 120 valence electrons. The highest BCUT2D eigenvalue weighted by molar-refractivity contribution is 5.91. The molecular formula is C14H15F3N2O3. The molecule has 0 spiro atoms. The molecule has 0 unspecified atom stereocenters. The molecule has 0 aliphatic carbocycles. The number of nitrogens with one attached hydrogen (secondary N) is 2. The lowest BCUT2D eigenvalue weighted by molar-refractivity contribution is -0.137. The van der Waals surface area contributed by atoms with Gasteiger partial charge in [-0.25, -0.2) is 5.48 Å². The summed E-state index contributed by atoms with van der Waals surface area (Å²) < 4.78 is 37.1. The van der Waals surface area contributed by atoms with E-state index in [-0.39, 0.29) is 13.0 Å². The van der Waals surface area contributed by atoms with Crippen LogP contribution >= 0.6 is 0 Å². The van der Waals surface area contributed by atoms with E-state index >= 15 is 0 Å². The van der Waals surface area contributed by atoms with Gasteiger partial charge in [-0.05, 0) is 30.2 Å². The molecule has 0 atom stereocenters. The van der Waals surface area contributed by atoms with Gasteiger partial charge in [-0.2, -0.15) is 13.2 Å². The van der Waals surface area contributed by atoms with Crippen molar-refractivity contribution in [3.63, 3.8) is 0 Å². The van der Waals surface area contributed by atoms with Gasteiger partial charge in [-0.1, -0.05) is 12.1 Å². The summed E-state index contributed by atoms with van der Waals surface area (Å²) in [4.78, 5) is 22.1. The van der Waals surface area contributed by atoms with E-state index in [4.69, 9.17) is 5.21 Å². The van der Waals surface area contributed by atoms with Crippen LogP contribution in [0.2, 0.25) is 0 Å². The van der Waals surface area contributed by atoms with E-state index in [9.17, 15) is 22.8 Å². The van der Waals surface area contributed by atoms with Crippen LogP contribution in [0.5, 0.6) is 0 Å². The van der Waals surface area contributed by atoms with Gasteiger partial charge in [0.25, 0.3) is 0 Å². The molecular weight excluding hydrogens is 301 g/mol. The molecule has 0 fully saturated rings. The molecule has 1 aromatic rings. The topological polar surface area (TPSA) is 78.4 Å². The maximum Gasteiger partial charge on any atom is 0.416 e. The lowest BCUT2D eigenvalue weighted by Gasteiger charge is -2.06. The largest absolute Gasteiger partial charge is 0.416 e. The third-order valence-corrected chi connectivity index (χ3v) is 2.67. The monoisotopic (exact) mass is 316 g/mol. The Bertz CT molecular complexity index is 539. The van der Waals surface area contributed by atoms with Crippen molar-refractivity contribution in [2.24, 2.45) is 0 Å². The van der Waals surface area contributed by atoms with Crippen LogP contribution in [0.1, 0.15) is 24.0 Å². The second-order valence-corrected chi connectivity index (χ2v) is 4.38. The number of amides is 2. The molecule has 2 amide bonds.